The van der Waals surface area contributed by atoms with Crippen LogP contribution in [0.5, 0.6) is 0 Å². The predicted molar refractivity (Wildman–Crippen MR) is 57.5 cm³/mol. The highest BCUT2D eigenvalue weighted by Gasteiger charge is 2.39. The van der Waals surface area contributed by atoms with E-state index >= 15 is 0 Å². The number of nitrogens with two attached hydrogens (primary N) is 1. The Morgan fingerprint density at radius 3 is 2.73 bits per heavy atom. The fourth-order valence-electron chi connectivity index (χ4n) is 1.70. The average molecular weight is 209 g/mol. The van der Waals surface area contributed by atoms with E-state index in [1.165, 1.54) is 6.42 Å². The molecule has 3 unspecified atom stereocenters. The number of aromatic nitrogens is 2. The summed E-state index contributed by atoms with van der Waals surface area (Å²) in [6.45, 7) is 6.92. The van der Waals surface area contributed by atoms with Gasteiger partial charge in [-0.1, -0.05) is 19.0 Å². The molecule has 0 aliphatic heterocycles. The van der Waals surface area contributed by atoms with E-state index in [9.17, 15) is 0 Å². The summed E-state index contributed by atoms with van der Waals surface area (Å²) in [4.78, 5) is 4.48. The lowest BCUT2D eigenvalue weighted by molar-refractivity contribution is 0.289. The number of rotatable bonds is 4. The molecule has 1 saturated carbocycles. The summed E-state index contributed by atoms with van der Waals surface area (Å²) < 4.78 is 5.32. The van der Waals surface area contributed by atoms with Crippen LogP contribution < -0.4 is 5.73 Å². The highest BCUT2D eigenvalue weighted by molar-refractivity contribution is 5.11. The van der Waals surface area contributed by atoms with Crippen molar-refractivity contribution in [3.63, 3.8) is 0 Å². The van der Waals surface area contributed by atoms with Crippen molar-refractivity contribution in [2.45, 2.75) is 44.9 Å². The Hall–Kier alpha value is -0.900. The van der Waals surface area contributed by atoms with Gasteiger partial charge in [-0.15, -0.1) is 0 Å². The second-order valence-electron chi connectivity index (χ2n) is 4.90. The van der Waals surface area contributed by atoms with Crippen LogP contribution >= 0.6 is 0 Å². The first-order chi connectivity index (χ1) is 7.10. The van der Waals surface area contributed by atoms with Gasteiger partial charge in [0, 0.05) is 12.5 Å². The van der Waals surface area contributed by atoms with E-state index in [4.69, 9.17) is 10.3 Å². The zero-order valence-electron chi connectivity index (χ0n) is 9.66. The molecule has 0 amide bonds. The molecule has 1 fully saturated rings. The van der Waals surface area contributed by atoms with Crippen LogP contribution in [-0.4, -0.2) is 16.7 Å². The molecule has 1 aromatic rings. The molecule has 0 bridgehead atoms. The van der Waals surface area contributed by atoms with Crippen LogP contribution in [0, 0.1) is 5.92 Å². The summed E-state index contributed by atoms with van der Waals surface area (Å²) in [7, 11) is 0. The van der Waals surface area contributed by atoms with Gasteiger partial charge in [0.05, 0.1) is 5.41 Å². The van der Waals surface area contributed by atoms with Crippen molar-refractivity contribution in [3.05, 3.63) is 11.7 Å². The molecule has 2 N–H and O–H groups in total. The first-order valence-corrected chi connectivity index (χ1v) is 5.65. The molecule has 3 atom stereocenters. The van der Waals surface area contributed by atoms with Crippen LogP contribution in [0.3, 0.4) is 0 Å². The largest absolute Gasteiger partial charge is 0.339 e. The van der Waals surface area contributed by atoms with Gasteiger partial charge in [-0.25, -0.2) is 0 Å². The van der Waals surface area contributed by atoms with Crippen molar-refractivity contribution < 1.29 is 4.52 Å². The van der Waals surface area contributed by atoms with Crippen molar-refractivity contribution >= 4 is 0 Å². The van der Waals surface area contributed by atoms with Crippen LogP contribution in [0.15, 0.2) is 4.52 Å². The van der Waals surface area contributed by atoms with Gasteiger partial charge in [-0.3, -0.25) is 0 Å². The minimum Gasteiger partial charge on any atom is -0.339 e. The van der Waals surface area contributed by atoms with Crippen molar-refractivity contribution in [3.8, 4) is 0 Å². The van der Waals surface area contributed by atoms with Crippen molar-refractivity contribution in [2.24, 2.45) is 11.7 Å². The lowest BCUT2D eigenvalue weighted by Gasteiger charge is -2.20. The Morgan fingerprint density at radius 1 is 1.60 bits per heavy atom. The summed E-state index contributed by atoms with van der Waals surface area (Å²) >= 11 is 0. The van der Waals surface area contributed by atoms with Crippen molar-refractivity contribution in [1.82, 2.24) is 10.1 Å². The monoisotopic (exact) mass is 209 g/mol. The SMILES string of the molecule is CCC(C)(CN)c1nc(C2CC2C)no1. The quantitative estimate of drug-likeness (QED) is 0.821. The van der Waals surface area contributed by atoms with Crippen molar-refractivity contribution in [2.75, 3.05) is 6.54 Å². The molecule has 84 valence electrons. The molecule has 0 aromatic carbocycles. The molecule has 1 heterocycles. The van der Waals surface area contributed by atoms with E-state index < -0.39 is 0 Å². The molecule has 0 saturated heterocycles. The molecule has 1 aliphatic rings. The van der Waals surface area contributed by atoms with Gasteiger partial charge in [0.15, 0.2) is 5.82 Å². The van der Waals surface area contributed by atoms with E-state index in [1.807, 2.05) is 0 Å². The summed E-state index contributed by atoms with van der Waals surface area (Å²) in [5.41, 5.74) is 5.59. The smallest absolute Gasteiger partial charge is 0.233 e. The van der Waals surface area contributed by atoms with E-state index in [2.05, 4.69) is 30.9 Å². The second-order valence-corrected chi connectivity index (χ2v) is 4.90. The third kappa shape index (κ3) is 1.78. The van der Waals surface area contributed by atoms with Gasteiger partial charge in [0.1, 0.15) is 0 Å². The summed E-state index contributed by atoms with van der Waals surface area (Å²) in [6, 6.07) is 0. The topological polar surface area (TPSA) is 64.9 Å². The summed E-state index contributed by atoms with van der Waals surface area (Å²) in [6.07, 6.45) is 2.11. The number of nitrogens with zero attached hydrogens (tertiary/aromatic N) is 2. The Kier molecular flexibility index (Phi) is 2.54. The second kappa shape index (κ2) is 3.59. The van der Waals surface area contributed by atoms with E-state index in [1.54, 1.807) is 0 Å². The molecule has 1 aromatic heterocycles. The number of hydrogen-bond donors (Lipinski definition) is 1. The van der Waals surface area contributed by atoms with E-state index in [0.29, 0.717) is 24.3 Å². The summed E-state index contributed by atoms with van der Waals surface area (Å²) in [5, 5.41) is 4.05. The fourth-order valence-corrected chi connectivity index (χ4v) is 1.70. The number of hydrogen-bond acceptors (Lipinski definition) is 4. The first-order valence-electron chi connectivity index (χ1n) is 5.65. The third-order valence-corrected chi connectivity index (χ3v) is 3.63. The van der Waals surface area contributed by atoms with E-state index in [0.717, 1.165) is 12.2 Å². The van der Waals surface area contributed by atoms with Crippen molar-refractivity contribution in [1.29, 1.82) is 0 Å². The molecule has 4 heteroatoms. The maximum absolute atomic E-state index is 5.75. The standard InChI is InChI=1S/C11H19N3O/c1-4-11(3,6-12)10-13-9(14-15-10)8-5-7(8)2/h7-8H,4-6,12H2,1-3H3. The highest BCUT2D eigenvalue weighted by Crippen LogP contribution is 2.45. The minimum atomic E-state index is -0.163. The lowest BCUT2D eigenvalue weighted by atomic mass is 9.88. The highest BCUT2D eigenvalue weighted by atomic mass is 16.5. The normalized spacial score (nSPS) is 28.8. The van der Waals surface area contributed by atoms with Gasteiger partial charge < -0.3 is 10.3 Å². The Labute approximate surface area is 90.2 Å². The molecule has 2 rings (SSSR count). The first kappa shape index (κ1) is 10.6. The molecule has 15 heavy (non-hydrogen) atoms. The van der Waals surface area contributed by atoms with Gasteiger partial charge in [-0.05, 0) is 25.7 Å². The third-order valence-electron chi connectivity index (χ3n) is 3.63. The predicted octanol–water partition coefficient (Wildman–Crippen LogP) is 1.82. The van der Waals surface area contributed by atoms with Gasteiger partial charge in [0.25, 0.3) is 0 Å². The van der Waals surface area contributed by atoms with E-state index in [-0.39, 0.29) is 5.41 Å². The van der Waals surface area contributed by atoms with Crippen LogP contribution in [0.25, 0.3) is 0 Å². The zero-order valence-corrected chi connectivity index (χ0v) is 9.66. The fraction of sp³-hybridized carbons (Fsp3) is 0.818. The molecule has 0 radical (unpaired) electrons. The zero-order chi connectivity index (χ0) is 11.1. The van der Waals surface area contributed by atoms with Gasteiger partial charge in [-0.2, -0.15) is 4.98 Å². The Morgan fingerprint density at radius 2 is 2.27 bits per heavy atom. The van der Waals surface area contributed by atoms with Crippen LogP contribution in [0.2, 0.25) is 0 Å². The van der Waals surface area contributed by atoms with Crippen LogP contribution in [-0.2, 0) is 5.41 Å². The Balaban J connectivity index is 2.19. The molecular formula is C11H19N3O. The lowest BCUT2D eigenvalue weighted by Crippen LogP contribution is -2.31. The maximum atomic E-state index is 5.75. The summed E-state index contributed by atoms with van der Waals surface area (Å²) in [5.74, 6) is 2.79. The van der Waals surface area contributed by atoms with Crippen LogP contribution in [0.4, 0.5) is 0 Å². The van der Waals surface area contributed by atoms with Gasteiger partial charge in [0.2, 0.25) is 5.89 Å². The average Bonchev–Trinajstić information content (AvgIpc) is 2.81. The van der Waals surface area contributed by atoms with Crippen LogP contribution in [0.1, 0.15) is 51.2 Å². The molecule has 0 spiro atoms. The Bertz CT molecular complexity index is 343. The molecule has 4 nitrogen and oxygen atoms in total. The molecular weight excluding hydrogens is 190 g/mol. The van der Waals surface area contributed by atoms with Gasteiger partial charge >= 0.3 is 0 Å². The minimum absolute atomic E-state index is 0.163. The molecule has 1 aliphatic carbocycles. The maximum Gasteiger partial charge on any atom is 0.233 e.